The number of hydrogen-bond donors (Lipinski definition) is 2. The highest BCUT2D eigenvalue weighted by Crippen LogP contribution is 2.11. The molecule has 0 atom stereocenters. The predicted octanol–water partition coefficient (Wildman–Crippen LogP) is 2.18. The highest BCUT2D eigenvalue weighted by molar-refractivity contribution is 5.68. The Bertz CT molecular complexity index is 547. The SMILES string of the molecule is CNc1ccc(/C=C/c2cccc[n+]2CCO)cc1. The third-order valence-electron chi connectivity index (χ3n) is 2.96. The number of aliphatic hydroxyl groups excluding tert-OH is 1. The van der Waals surface area contributed by atoms with E-state index >= 15 is 0 Å². The first-order valence-corrected chi connectivity index (χ1v) is 6.38. The smallest absolute Gasteiger partial charge is 0.205 e. The van der Waals surface area contributed by atoms with E-state index < -0.39 is 0 Å². The molecular formula is C16H19N2O+. The monoisotopic (exact) mass is 255 g/mol. The van der Waals surface area contributed by atoms with Crippen LogP contribution in [0.3, 0.4) is 0 Å². The molecule has 2 rings (SSSR count). The first-order chi connectivity index (χ1) is 9.33. The standard InChI is InChI=1S/C16H18N2O/c1-17-15-8-5-14(6-9-15)7-10-16-4-2-3-11-18(16)12-13-19/h2-11,19H,12-13H2,1H3/p+1. The summed E-state index contributed by atoms with van der Waals surface area (Å²) < 4.78 is 2.03. The summed E-state index contributed by atoms with van der Waals surface area (Å²) in [6.45, 7) is 0.756. The van der Waals surface area contributed by atoms with Crippen molar-refractivity contribution in [3.05, 3.63) is 59.9 Å². The number of rotatable bonds is 5. The van der Waals surface area contributed by atoms with Gasteiger partial charge in [0.2, 0.25) is 5.69 Å². The number of nitrogens with one attached hydrogen (secondary N) is 1. The molecule has 0 bridgehead atoms. The zero-order chi connectivity index (χ0) is 13.5. The van der Waals surface area contributed by atoms with E-state index in [-0.39, 0.29) is 6.61 Å². The fraction of sp³-hybridized carbons (Fsp3) is 0.188. The molecule has 19 heavy (non-hydrogen) atoms. The molecule has 1 aromatic heterocycles. The minimum absolute atomic E-state index is 0.145. The summed E-state index contributed by atoms with van der Waals surface area (Å²) >= 11 is 0. The number of benzene rings is 1. The third-order valence-corrected chi connectivity index (χ3v) is 2.96. The lowest BCUT2D eigenvalue weighted by Gasteiger charge is -2.00. The molecule has 3 heteroatoms. The van der Waals surface area contributed by atoms with E-state index in [4.69, 9.17) is 5.11 Å². The molecule has 0 saturated heterocycles. The average Bonchev–Trinajstić information content (AvgIpc) is 2.47. The molecule has 0 saturated carbocycles. The van der Waals surface area contributed by atoms with E-state index in [2.05, 4.69) is 29.6 Å². The zero-order valence-electron chi connectivity index (χ0n) is 11.1. The minimum Gasteiger partial charge on any atom is -0.390 e. The molecule has 0 fully saturated rings. The Labute approximate surface area is 113 Å². The highest BCUT2D eigenvalue weighted by Gasteiger charge is 2.04. The Morgan fingerprint density at radius 2 is 1.89 bits per heavy atom. The van der Waals surface area contributed by atoms with Gasteiger partial charge in [-0.2, -0.15) is 4.57 Å². The number of aliphatic hydroxyl groups is 1. The van der Waals surface area contributed by atoms with Crippen molar-refractivity contribution in [2.45, 2.75) is 6.54 Å². The van der Waals surface area contributed by atoms with Gasteiger partial charge < -0.3 is 10.4 Å². The maximum Gasteiger partial charge on any atom is 0.205 e. The molecular weight excluding hydrogens is 236 g/mol. The van der Waals surface area contributed by atoms with Crippen LogP contribution in [0, 0.1) is 0 Å². The summed E-state index contributed by atoms with van der Waals surface area (Å²) in [4.78, 5) is 0. The van der Waals surface area contributed by atoms with Gasteiger partial charge in [0.05, 0.1) is 0 Å². The van der Waals surface area contributed by atoms with E-state index in [9.17, 15) is 0 Å². The van der Waals surface area contributed by atoms with Gasteiger partial charge in [-0.1, -0.05) is 12.1 Å². The van der Waals surface area contributed by atoms with E-state index in [0.29, 0.717) is 6.54 Å². The number of anilines is 1. The van der Waals surface area contributed by atoms with Gasteiger partial charge in [0.15, 0.2) is 12.7 Å². The lowest BCUT2D eigenvalue weighted by atomic mass is 10.2. The van der Waals surface area contributed by atoms with Gasteiger partial charge in [0.25, 0.3) is 0 Å². The van der Waals surface area contributed by atoms with Crippen LogP contribution in [0.25, 0.3) is 12.2 Å². The van der Waals surface area contributed by atoms with Gasteiger partial charge in [-0.15, -0.1) is 0 Å². The lowest BCUT2D eigenvalue weighted by molar-refractivity contribution is -0.699. The largest absolute Gasteiger partial charge is 0.390 e. The molecule has 0 aliphatic rings. The summed E-state index contributed by atoms with van der Waals surface area (Å²) in [6, 6.07) is 14.2. The van der Waals surface area contributed by atoms with Gasteiger partial charge in [0.1, 0.15) is 6.61 Å². The first-order valence-electron chi connectivity index (χ1n) is 6.38. The molecule has 98 valence electrons. The molecule has 0 aliphatic carbocycles. The van der Waals surface area contributed by atoms with Crippen molar-refractivity contribution in [2.24, 2.45) is 0 Å². The number of nitrogens with zero attached hydrogens (tertiary/aromatic N) is 1. The van der Waals surface area contributed by atoms with Crippen molar-refractivity contribution in [1.82, 2.24) is 0 Å². The Balaban J connectivity index is 2.17. The minimum atomic E-state index is 0.145. The molecule has 0 spiro atoms. The maximum absolute atomic E-state index is 9.04. The number of hydrogen-bond acceptors (Lipinski definition) is 2. The maximum atomic E-state index is 9.04. The van der Waals surface area contributed by atoms with Crippen LogP contribution < -0.4 is 9.88 Å². The van der Waals surface area contributed by atoms with E-state index in [0.717, 1.165) is 16.9 Å². The van der Waals surface area contributed by atoms with Crippen LogP contribution in [-0.2, 0) is 6.54 Å². The third kappa shape index (κ3) is 3.66. The molecule has 0 aliphatic heterocycles. The van der Waals surface area contributed by atoms with Gasteiger partial charge in [0, 0.05) is 30.9 Å². The fourth-order valence-electron chi connectivity index (χ4n) is 1.89. The van der Waals surface area contributed by atoms with Gasteiger partial charge in [-0.25, -0.2) is 0 Å². The summed E-state index contributed by atoms with van der Waals surface area (Å²) in [5.74, 6) is 0. The van der Waals surface area contributed by atoms with Crippen molar-refractivity contribution in [2.75, 3.05) is 19.0 Å². The van der Waals surface area contributed by atoms with Crippen LogP contribution in [0.4, 0.5) is 5.69 Å². The molecule has 3 nitrogen and oxygen atoms in total. The van der Waals surface area contributed by atoms with E-state index in [1.54, 1.807) is 0 Å². The number of aromatic nitrogens is 1. The number of pyridine rings is 1. The van der Waals surface area contributed by atoms with Crippen molar-refractivity contribution < 1.29 is 9.67 Å². The Morgan fingerprint density at radius 1 is 1.11 bits per heavy atom. The first kappa shape index (κ1) is 13.3. The molecule has 2 aromatic rings. The second kappa shape index (κ2) is 6.71. The summed E-state index contributed by atoms with van der Waals surface area (Å²) in [7, 11) is 1.91. The van der Waals surface area contributed by atoms with Gasteiger partial charge in [-0.3, -0.25) is 0 Å². The predicted molar refractivity (Wildman–Crippen MR) is 78.6 cm³/mol. The Kier molecular flexibility index (Phi) is 4.70. The molecule has 2 N–H and O–H groups in total. The Morgan fingerprint density at radius 3 is 2.58 bits per heavy atom. The average molecular weight is 255 g/mol. The highest BCUT2D eigenvalue weighted by atomic mass is 16.3. The molecule has 0 unspecified atom stereocenters. The van der Waals surface area contributed by atoms with Crippen molar-refractivity contribution in [3.8, 4) is 0 Å². The topological polar surface area (TPSA) is 36.1 Å². The summed E-state index contributed by atoms with van der Waals surface area (Å²) in [5, 5.41) is 12.1. The van der Waals surface area contributed by atoms with Crippen LogP contribution in [-0.4, -0.2) is 18.8 Å². The molecule has 0 radical (unpaired) electrons. The van der Waals surface area contributed by atoms with Crippen molar-refractivity contribution in [1.29, 1.82) is 0 Å². The molecule has 1 heterocycles. The summed E-state index contributed by atoms with van der Waals surface area (Å²) in [6.07, 6.45) is 6.10. The Hall–Kier alpha value is -2.13. The normalized spacial score (nSPS) is 10.8. The molecule has 1 aromatic carbocycles. The van der Waals surface area contributed by atoms with E-state index in [1.165, 1.54) is 0 Å². The van der Waals surface area contributed by atoms with Gasteiger partial charge >= 0.3 is 0 Å². The van der Waals surface area contributed by atoms with Crippen LogP contribution in [0.2, 0.25) is 0 Å². The van der Waals surface area contributed by atoms with E-state index in [1.807, 2.05) is 48.1 Å². The lowest BCUT2D eigenvalue weighted by Crippen LogP contribution is -2.38. The van der Waals surface area contributed by atoms with Crippen molar-refractivity contribution >= 4 is 17.8 Å². The quantitative estimate of drug-likeness (QED) is 0.803. The van der Waals surface area contributed by atoms with Crippen LogP contribution in [0.15, 0.2) is 48.7 Å². The van der Waals surface area contributed by atoms with Crippen molar-refractivity contribution in [3.63, 3.8) is 0 Å². The summed E-state index contributed by atoms with van der Waals surface area (Å²) in [5.41, 5.74) is 3.33. The second-order valence-electron chi connectivity index (χ2n) is 4.25. The van der Waals surface area contributed by atoms with Gasteiger partial charge in [-0.05, 0) is 29.8 Å². The second-order valence-corrected chi connectivity index (χ2v) is 4.25. The van der Waals surface area contributed by atoms with Crippen LogP contribution in [0.1, 0.15) is 11.3 Å². The zero-order valence-corrected chi connectivity index (χ0v) is 11.1. The van der Waals surface area contributed by atoms with Crippen LogP contribution >= 0.6 is 0 Å². The fourth-order valence-corrected chi connectivity index (χ4v) is 1.89. The van der Waals surface area contributed by atoms with Crippen LogP contribution in [0.5, 0.6) is 0 Å². The molecule has 0 amide bonds.